The molecule has 4 aromatic heterocycles. The quantitative estimate of drug-likeness (QED) is 0.166. The number of carbonyl (C=O) groups excluding carboxylic acids is 2. The largest absolute Gasteiger partial charge is 0.481 e. The van der Waals surface area contributed by atoms with Gasteiger partial charge >= 0.3 is 11.9 Å². The predicted molar refractivity (Wildman–Crippen MR) is 153 cm³/mol. The van der Waals surface area contributed by atoms with Crippen molar-refractivity contribution in [1.82, 2.24) is 0 Å². The maximum Gasteiger partial charge on any atom is 0.345 e. The number of benzene rings is 1. The second kappa shape index (κ2) is 11.0. The number of thiophene rings is 4. The van der Waals surface area contributed by atoms with Crippen LogP contribution >= 0.6 is 45.3 Å². The molecule has 0 spiro atoms. The van der Waals surface area contributed by atoms with Crippen molar-refractivity contribution in [1.29, 1.82) is 0 Å². The van der Waals surface area contributed by atoms with Gasteiger partial charge in [0.15, 0.2) is 6.29 Å². The summed E-state index contributed by atoms with van der Waals surface area (Å²) >= 11 is 5.56. The molecule has 0 bridgehead atoms. The third kappa shape index (κ3) is 5.30. The van der Waals surface area contributed by atoms with Gasteiger partial charge in [0.2, 0.25) is 0 Å². The molecule has 6 nitrogen and oxygen atoms in total. The van der Waals surface area contributed by atoms with Gasteiger partial charge in [0.25, 0.3) is 0 Å². The highest BCUT2D eigenvalue weighted by molar-refractivity contribution is 7.25. The molecule has 0 saturated carbocycles. The van der Waals surface area contributed by atoms with E-state index in [1.165, 1.54) is 22.7 Å². The van der Waals surface area contributed by atoms with Gasteiger partial charge in [0.1, 0.15) is 11.2 Å². The molecular weight excluding hydrogens is 561 g/mol. The first-order chi connectivity index (χ1) is 18.4. The summed E-state index contributed by atoms with van der Waals surface area (Å²) < 4.78 is 0. The van der Waals surface area contributed by atoms with Crippen LogP contribution in [0, 0.1) is 0 Å². The Balaban J connectivity index is 1.50. The van der Waals surface area contributed by atoms with E-state index >= 15 is 0 Å². The summed E-state index contributed by atoms with van der Waals surface area (Å²) in [5.74, 6) is -1.94. The van der Waals surface area contributed by atoms with Crippen LogP contribution in [0.1, 0.15) is 30.5 Å². The fourth-order valence-corrected chi connectivity index (χ4v) is 8.24. The molecule has 0 radical (unpaired) electrons. The van der Waals surface area contributed by atoms with E-state index in [4.69, 9.17) is 0 Å². The third-order valence-corrected chi connectivity index (χ3v) is 10.6. The van der Waals surface area contributed by atoms with Crippen molar-refractivity contribution in [2.24, 2.45) is 0 Å². The fraction of sp³-hybridized carbons (Fsp3) is 0.0714. The maximum atomic E-state index is 11.6. The van der Waals surface area contributed by atoms with Gasteiger partial charge in [-0.2, -0.15) is 0 Å². The van der Waals surface area contributed by atoms with Crippen molar-refractivity contribution in [2.45, 2.75) is 12.8 Å². The summed E-state index contributed by atoms with van der Waals surface area (Å²) in [7, 11) is 0. The average molecular weight is 579 g/mol. The van der Waals surface area contributed by atoms with Crippen LogP contribution in [0.2, 0.25) is 0 Å². The van der Waals surface area contributed by atoms with Gasteiger partial charge in [-0.3, -0.25) is 9.59 Å². The Labute approximate surface area is 233 Å². The van der Waals surface area contributed by atoms with Gasteiger partial charge in [-0.15, -0.1) is 45.3 Å². The smallest absolute Gasteiger partial charge is 0.345 e. The lowest BCUT2D eigenvalue weighted by molar-refractivity contribution is -0.136. The second-order valence-electron chi connectivity index (χ2n) is 8.24. The van der Waals surface area contributed by atoms with E-state index in [0.29, 0.717) is 10.4 Å². The van der Waals surface area contributed by atoms with Crippen molar-refractivity contribution in [3.05, 3.63) is 81.5 Å². The lowest BCUT2D eigenvalue weighted by Crippen LogP contribution is -1.99. The van der Waals surface area contributed by atoms with E-state index < -0.39 is 11.9 Å². The molecule has 38 heavy (non-hydrogen) atoms. The van der Waals surface area contributed by atoms with Gasteiger partial charge < -0.3 is 15.0 Å². The van der Waals surface area contributed by atoms with Crippen molar-refractivity contribution in [3.63, 3.8) is 0 Å². The molecule has 0 aliphatic rings. The van der Waals surface area contributed by atoms with E-state index in [-0.39, 0.29) is 17.7 Å². The zero-order valence-electron chi connectivity index (χ0n) is 19.5. The standard InChI is InChI=1S/C28H18O6S4/c29-10-9-17-11-23(20-6-5-19(14-30)35-20)37-26(17)15-1-3-16(4-2-15)27-18(13-25(31)32)12-24(38-27)21-7-8-22(36-21)28(33)34/h1-8,10-12,14H,9,13H2,(H,31,32)(H,33,34). The highest BCUT2D eigenvalue weighted by Gasteiger charge is 2.18. The Hall–Kier alpha value is -3.70. The third-order valence-electron chi connectivity index (χ3n) is 5.72. The average Bonchev–Trinajstić information content (AvgIpc) is 3.69. The number of carboxylic acids is 2. The number of rotatable bonds is 10. The molecular formula is C28H18O6S4. The van der Waals surface area contributed by atoms with Gasteiger partial charge in [-0.05, 0) is 58.7 Å². The Morgan fingerprint density at radius 1 is 0.684 bits per heavy atom. The molecule has 2 N–H and O–H groups in total. The summed E-state index contributed by atoms with van der Waals surface area (Å²) in [6, 6.07) is 18.6. The molecule has 0 unspecified atom stereocenters. The van der Waals surface area contributed by atoms with Crippen molar-refractivity contribution < 1.29 is 29.4 Å². The molecule has 10 heteroatoms. The lowest BCUT2D eigenvalue weighted by Gasteiger charge is -2.05. The first-order valence-corrected chi connectivity index (χ1v) is 14.5. The maximum absolute atomic E-state index is 11.6. The van der Waals surface area contributed by atoms with E-state index in [1.807, 2.05) is 42.5 Å². The van der Waals surface area contributed by atoms with E-state index in [2.05, 4.69) is 0 Å². The van der Waals surface area contributed by atoms with E-state index in [9.17, 15) is 29.4 Å². The van der Waals surface area contributed by atoms with Crippen molar-refractivity contribution in [3.8, 4) is 40.4 Å². The number of aromatic carboxylic acids is 1. The van der Waals surface area contributed by atoms with Gasteiger partial charge in [0, 0.05) is 35.7 Å². The van der Waals surface area contributed by atoms with E-state index in [0.717, 1.165) is 69.9 Å². The number of hydrogen-bond donors (Lipinski definition) is 2. The molecule has 5 rings (SSSR count). The molecule has 0 saturated heterocycles. The number of carbonyl (C=O) groups is 4. The summed E-state index contributed by atoms with van der Waals surface area (Å²) in [5.41, 5.74) is 3.37. The minimum Gasteiger partial charge on any atom is -0.481 e. The minimum atomic E-state index is -0.992. The normalized spacial score (nSPS) is 10.9. The first-order valence-electron chi connectivity index (χ1n) is 11.3. The summed E-state index contributed by atoms with van der Waals surface area (Å²) in [5, 5.41) is 18.7. The minimum absolute atomic E-state index is 0.147. The van der Waals surface area contributed by atoms with Crippen LogP contribution in [-0.4, -0.2) is 34.7 Å². The summed E-state index contributed by atoms with van der Waals surface area (Å²) in [6.45, 7) is 0. The SMILES string of the molecule is O=CCc1cc(-c2ccc(C=O)s2)sc1-c1ccc(-c2sc(-c3ccc(C(=O)O)s3)cc2CC(=O)O)cc1. The van der Waals surface area contributed by atoms with E-state index in [1.54, 1.807) is 29.5 Å². The molecule has 0 amide bonds. The van der Waals surface area contributed by atoms with Crippen LogP contribution in [0.5, 0.6) is 0 Å². The molecule has 5 aromatic rings. The Bertz CT molecular complexity index is 1670. The molecule has 0 fully saturated rings. The molecule has 1 aromatic carbocycles. The Kier molecular flexibility index (Phi) is 7.48. The molecule has 190 valence electrons. The zero-order valence-corrected chi connectivity index (χ0v) is 22.8. The summed E-state index contributed by atoms with van der Waals surface area (Å²) in [4.78, 5) is 51.5. The van der Waals surface area contributed by atoms with Gasteiger partial charge in [-0.1, -0.05) is 24.3 Å². The van der Waals surface area contributed by atoms with Crippen LogP contribution in [0.4, 0.5) is 0 Å². The van der Waals surface area contributed by atoms with Crippen LogP contribution < -0.4 is 0 Å². The molecule has 0 aliphatic carbocycles. The summed E-state index contributed by atoms with van der Waals surface area (Å²) in [6.07, 6.45) is 1.83. The second-order valence-corrected chi connectivity index (χ2v) is 12.5. The van der Waals surface area contributed by atoms with Crippen molar-refractivity contribution in [2.75, 3.05) is 0 Å². The number of aliphatic carboxylic acids is 1. The lowest BCUT2D eigenvalue weighted by atomic mass is 10.0. The van der Waals surface area contributed by atoms with Gasteiger partial charge in [0.05, 0.1) is 11.3 Å². The molecule has 0 atom stereocenters. The number of hydrogen-bond acceptors (Lipinski definition) is 8. The molecule has 4 heterocycles. The topological polar surface area (TPSA) is 109 Å². The van der Waals surface area contributed by atoms with Gasteiger partial charge in [-0.25, -0.2) is 4.79 Å². The van der Waals surface area contributed by atoms with Crippen LogP contribution in [0.25, 0.3) is 40.4 Å². The zero-order chi connectivity index (χ0) is 26.8. The van der Waals surface area contributed by atoms with Crippen LogP contribution in [0.15, 0.2) is 60.7 Å². The van der Waals surface area contributed by atoms with Crippen LogP contribution in [0.3, 0.4) is 0 Å². The monoisotopic (exact) mass is 578 g/mol. The predicted octanol–water partition coefficient (Wildman–Crippen LogP) is 7.48. The molecule has 0 aliphatic heterocycles. The number of carboxylic acid groups (broad SMARTS) is 2. The first kappa shape index (κ1) is 25.9. The Morgan fingerprint density at radius 3 is 1.79 bits per heavy atom. The highest BCUT2D eigenvalue weighted by atomic mass is 32.1. The fourth-order valence-electron chi connectivity index (χ4n) is 4.03. The van der Waals surface area contributed by atoms with Crippen molar-refractivity contribution >= 4 is 69.9 Å². The van der Waals surface area contributed by atoms with Crippen LogP contribution in [-0.2, 0) is 22.4 Å². The number of aldehydes is 2. The Morgan fingerprint density at radius 2 is 1.26 bits per heavy atom. The highest BCUT2D eigenvalue weighted by Crippen LogP contribution is 2.43.